The summed E-state index contributed by atoms with van der Waals surface area (Å²) in [7, 11) is 0. The average molecular weight is 549 g/mol. The summed E-state index contributed by atoms with van der Waals surface area (Å²) in [6.07, 6.45) is 5.25. The van der Waals surface area contributed by atoms with Crippen LogP contribution in [-0.4, -0.2) is 24.9 Å². The third kappa shape index (κ3) is 3.12. The summed E-state index contributed by atoms with van der Waals surface area (Å²) in [4.78, 5) is 22.9. The van der Waals surface area contributed by atoms with Crippen molar-refractivity contribution in [2.45, 2.75) is 32.9 Å². The van der Waals surface area contributed by atoms with Crippen molar-refractivity contribution >= 4 is 33.2 Å². The Labute approximate surface area is 242 Å². The number of nitrogens with zero attached hydrogens (tertiary/aromatic N) is 4. The predicted octanol–water partition coefficient (Wildman–Crippen LogP) is 7.60. The van der Waals surface area contributed by atoms with E-state index in [1.54, 1.807) is 12.4 Å². The summed E-state index contributed by atoms with van der Waals surface area (Å²) in [5, 5.41) is 3.44. The van der Waals surface area contributed by atoms with Gasteiger partial charge in [-0.15, -0.1) is 0 Å². The van der Waals surface area contributed by atoms with Gasteiger partial charge < -0.3 is 13.7 Å². The van der Waals surface area contributed by atoms with Crippen LogP contribution < -0.4 is 0 Å². The number of aromatic nitrogens is 4. The molecule has 0 spiro atoms. The Balaban J connectivity index is 1.52. The molecular formula is C36H28N4O2. The zero-order chi connectivity index (χ0) is 28.6. The van der Waals surface area contributed by atoms with Crippen LogP contribution in [0.1, 0.15) is 45.6 Å². The van der Waals surface area contributed by atoms with Crippen LogP contribution in [0.3, 0.4) is 0 Å². The number of ether oxygens (including phenoxy) is 1. The first kappa shape index (κ1) is 24.6. The highest BCUT2D eigenvalue weighted by Gasteiger charge is 2.55. The van der Waals surface area contributed by atoms with Crippen LogP contribution in [0.25, 0.3) is 38.3 Å². The van der Waals surface area contributed by atoms with Crippen LogP contribution in [0.5, 0.6) is 0 Å². The van der Waals surface area contributed by atoms with Gasteiger partial charge in [0.05, 0.1) is 11.2 Å². The number of para-hydroxylation sites is 1. The zero-order valence-corrected chi connectivity index (χ0v) is 23.6. The van der Waals surface area contributed by atoms with Gasteiger partial charge in [0, 0.05) is 52.9 Å². The minimum absolute atomic E-state index is 0.250. The fourth-order valence-electron chi connectivity index (χ4n) is 7.09. The van der Waals surface area contributed by atoms with Gasteiger partial charge in [-0.2, -0.15) is 0 Å². The van der Waals surface area contributed by atoms with E-state index in [1.165, 1.54) is 16.3 Å². The van der Waals surface area contributed by atoms with Crippen molar-refractivity contribution in [2.75, 3.05) is 0 Å². The molecule has 1 unspecified atom stereocenters. The standard InChI is InChI=1S/C36H28N4O2/c1-4-39-23(3)32(27-13-7-8-14-29(27)39)36(34-33(35(41)42-36)37-18-19-38-34)31-21-28(30-15-9-10-20-40(30)31)26-17-16-24-11-5-6-12-25(24)22(26)2/h5-21H,4H2,1-3H3. The van der Waals surface area contributed by atoms with E-state index in [0.29, 0.717) is 5.69 Å². The molecule has 42 heavy (non-hydrogen) atoms. The van der Waals surface area contributed by atoms with Gasteiger partial charge in [0.2, 0.25) is 5.60 Å². The molecule has 6 heteroatoms. The Bertz CT molecular complexity index is 2220. The molecule has 3 aromatic carbocycles. The number of hydrogen-bond donors (Lipinski definition) is 0. The third-order valence-electron chi connectivity index (χ3n) is 8.90. The van der Waals surface area contributed by atoms with Gasteiger partial charge in [0.25, 0.3) is 0 Å². The number of cyclic esters (lactones) is 1. The van der Waals surface area contributed by atoms with Gasteiger partial charge in [0.1, 0.15) is 5.69 Å². The molecule has 0 bridgehead atoms. The SMILES string of the molecule is CCn1c(C)c(C2(c3cc(-c4ccc5ccccc5c4C)c4ccccn34)OC(=O)c3nccnc32)c2ccccc21. The number of carbonyl (C=O) groups is 1. The molecule has 6 nitrogen and oxygen atoms in total. The van der Waals surface area contributed by atoms with E-state index < -0.39 is 11.6 Å². The Morgan fingerprint density at radius 1 is 0.810 bits per heavy atom. The van der Waals surface area contributed by atoms with Gasteiger partial charge in [-0.05, 0) is 66.9 Å². The number of rotatable bonds is 4. The molecule has 0 aliphatic carbocycles. The van der Waals surface area contributed by atoms with Crippen molar-refractivity contribution in [1.29, 1.82) is 0 Å². The quantitative estimate of drug-likeness (QED) is 0.213. The topological polar surface area (TPSA) is 61.4 Å². The molecule has 8 rings (SSSR count). The van der Waals surface area contributed by atoms with Crippen molar-refractivity contribution in [3.8, 4) is 11.1 Å². The molecule has 5 heterocycles. The van der Waals surface area contributed by atoms with E-state index in [2.05, 4.69) is 95.4 Å². The summed E-state index contributed by atoms with van der Waals surface area (Å²) in [6.45, 7) is 7.19. The molecule has 0 N–H and O–H groups in total. The molecule has 1 atom stereocenters. The molecule has 0 amide bonds. The van der Waals surface area contributed by atoms with Gasteiger partial charge >= 0.3 is 5.97 Å². The highest BCUT2D eigenvalue weighted by atomic mass is 16.6. The molecule has 0 radical (unpaired) electrons. The first-order valence-electron chi connectivity index (χ1n) is 14.3. The van der Waals surface area contributed by atoms with Crippen LogP contribution in [0.15, 0.2) is 104 Å². The lowest BCUT2D eigenvalue weighted by atomic mass is 9.84. The maximum Gasteiger partial charge on any atom is 0.360 e. The average Bonchev–Trinajstić information content (AvgIpc) is 3.65. The highest BCUT2D eigenvalue weighted by molar-refractivity contribution is 5.98. The largest absolute Gasteiger partial charge is 0.436 e. The van der Waals surface area contributed by atoms with Crippen molar-refractivity contribution < 1.29 is 9.53 Å². The molecule has 0 saturated carbocycles. The fraction of sp³-hybridized carbons (Fsp3) is 0.139. The number of esters is 1. The second-order valence-corrected chi connectivity index (χ2v) is 10.9. The van der Waals surface area contributed by atoms with E-state index in [4.69, 9.17) is 9.72 Å². The molecule has 204 valence electrons. The van der Waals surface area contributed by atoms with E-state index in [-0.39, 0.29) is 5.69 Å². The van der Waals surface area contributed by atoms with Crippen molar-refractivity contribution in [1.82, 2.24) is 18.9 Å². The second-order valence-electron chi connectivity index (χ2n) is 10.9. The molecule has 1 aliphatic heterocycles. The smallest absolute Gasteiger partial charge is 0.360 e. The number of carbonyl (C=O) groups excluding carboxylic acids is 1. The van der Waals surface area contributed by atoms with Crippen molar-refractivity contribution in [3.05, 3.63) is 137 Å². The first-order chi connectivity index (χ1) is 20.5. The van der Waals surface area contributed by atoms with Gasteiger partial charge in [-0.3, -0.25) is 4.98 Å². The van der Waals surface area contributed by atoms with Gasteiger partial charge in [-0.25, -0.2) is 9.78 Å². The lowest BCUT2D eigenvalue weighted by Crippen LogP contribution is -2.32. The monoisotopic (exact) mass is 548 g/mol. The molecule has 0 fully saturated rings. The Morgan fingerprint density at radius 2 is 1.55 bits per heavy atom. The highest BCUT2D eigenvalue weighted by Crippen LogP contribution is 2.51. The van der Waals surface area contributed by atoms with E-state index >= 15 is 0 Å². The van der Waals surface area contributed by atoms with Gasteiger partial charge in [0.15, 0.2) is 5.69 Å². The van der Waals surface area contributed by atoms with Crippen LogP contribution >= 0.6 is 0 Å². The van der Waals surface area contributed by atoms with Crippen molar-refractivity contribution in [2.24, 2.45) is 0 Å². The van der Waals surface area contributed by atoms with Crippen LogP contribution in [-0.2, 0) is 16.9 Å². The molecule has 7 aromatic rings. The number of fused-ring (bicyclic) bond motifs is 4. The number of aryl methyl sites for hydroxylation is 2. The zero-order valence-electron chi connectivity index (χ0n) is 23.6. The summed E-state index contributed by atoms with van der Waals surface area (Å²) >= 11 is 0. The van der Waals surface area contributed by atoms with Crippen LogP contribution in [0.2, 0.25) is 0 Å². The maximum atomic E-state index is 13.6. The Morgan fingerprint density at radius 3 is 2.40 bits per heavy atom. The van der Waals surface area contributed by atoms with Gasteiger partial charge in [-0.1, -0.05) is 60.7 Å². The van der Waals surface area contributed by atoms with E-state index in [1.807, 2.05) is 30.5 Å². The molecule has 4 aromatic heterocycles. The minimum Gasteiger partial charge on any atom is -0.436 e. The molecule has 1 aliphatic rings. The Hall–Kier alpha value is -5.23. The summed E-state index contributed by atoms with van der Waals surface area (Å²) in [5.41, 5.74) is 7.73. The Kier molecular flexibility index (Phi) is 5.19. The van der Waals surface area contributed by atoms with E-state index in [9.17, 15) is 4.79 Å². The minimum atomic E-state index is -1.31. The second kappa shape index (κ2) is 8.88. The maximum absolute atomic E-state index is 13.6. The summed E-state index contributed by atoms with van der Waals surface area (Å²) < 4.78 is 11.0. The fourth-order valence-corrected chi connectivity index (χ4v) is 7.09. The summed E-state index contributed by atoms with van der Waals surface area (Å²) in [5.74, 6) is -0.472. The third-order valence-corrected chi connectivity index (χ3v) is 8.90. The predicted molar refractivity (Wildman–Crippen MR) is 165 cm³/mol. The lowest BCUT2D eigenvalue weighted by Gasteiger charge is -2.29. The lowest BCUT2D eigenvalue weighted by molar-refractivity contribution is 0.0228. The van der Waals surface area contributed by atoms with E-state index in [0.717, 1.165) is 51.0 Å². The van der Waals surface area contributed by atoms with Crippen LogP contribution in [0, 0.1) is 13.8 Å². The number of benzene rings is 3. The van der Waals surface area contributed by atoms with Crippen LogP contribution in [0.4, 0.5) is 0 Å². The van der Waals surface area contributed by atoms with Crippen molar-refractivity contribution in [3.63, 3.8) is 0 Å². The first-order valence-corrected chi connectivity index (χ1v) is 14.3. The number of pyridine rings is 1. The summed E-state index contributed by atoms with van der Waals surface area (Å²) in [6, 6.07) is 29.5. The molecular weight excluding hydrogens is 520 g/mol. The number of hydrogen-bond acceptors (Lipinski definition) is 4. The normalized spacial score (nSPS) is 16.4. The molecule has 0 saturated heterocycles.